The molecular weight excluding hydrogens is 454 g/mol. The minimum atomic E-state index is -0.202. The Hall–Kier alpha value is -2.34. The molecule has 1 heterocycles. The molecule has 1 rings (SSSR count). The summed E-state index contributed by atoms with van der Waals surface area (Å²) in [7, 11) is 1.70. The monoisotopic (exact) mass is 505 g/mol. The van der Waals surface area contributed by atoms with Crippen LogP contribution in [0.2, 0.25) is 0 Å². The Morgan fingerprint density at radius 2 is 1.56 bits per heavy atom. The third-order valence-electron chi connectivity index (χ3n) is 5.54. The second kappa shape index (κ2) is 24.4. The van der Waals surface area contributed by atoms with E-state index in [-0.39, 0.29) is 35.4 Å². The lowest BCUT2D eigenvalue weighted by atomic mass is 9.91. The average molecular weight is 506 g/mol. The topological polar surface area (TPSA) is 89.5 Å². The molecule has 6 heteroatoms. The van der Waals surface area contributed by atoms with Gasteiger partial charge in [-0.25, -0.2) is 0 Å². The Morgan fingerprint density at radius 3 is 2.14 bits per heavy atom. The van der Waals surface area contributed by atoms with Crippen LogP contribution in [0.5, 0.6) is 0 Å². The molecule has 1 aliphatic rings. The van der Waals surface area contributed by atoms with Crippen LogP contribution in [0.4, 0.5) is 0 Å². The molecule has 0 aromatic heterocycles. The quantitative estimate of drug-likeness (QED) is 0.107. The summed E-state index contributed by atoms with van der Waals surface area (Å²) in [6, 6.07) is 0. The summed E-state index contributed by atoms with van der Waals surface area (Å²) in [5.41, 5.74) is 1.21. The predicted molar refractivity (Wildman–Crippen MR) is 149 cm³/mol. The molecule has 206 valence electrons. The molecule has 0 aliphatic carbocycles. The number of nitrogens with one attached hydrogen (secondary N) is 1. The Kier molecular flexibility index (Phi) is 24.2. The smallest absolute Gasteiger partial charge is 0.226 e. The number of ketones is 2. The molecule has 1 unspecified atom stereocenters. The highest BCUT2D eigenvalue weighted by atomic mass is 16.5. The molecule has 1 atom stereocenters. The number of allylic oxidation sites excluding steroid dienone is 5. The molecule has 1 saturated heterocycles. The van der Waals surface area contributed by atoms with Crippen molar-refractivity contribution < 1.29 is 23.9 Å². The van der Waals surface area contributed by atoms with Crippen LogP contribution in [0.25, 0.3) is 0 Å². The van der Waals surface area contributed by atoms with E-state index in [1.807, 2.05) is 33.8 Å². The maximum Gasteiger partial charge on any atom is 0.226 e. The minimum Gasteiger partial charge on any atom is -0.377 e. The van der Waals surface area contributed by atoms with E-state index in [2.05, 4.69) is 30.5 Å². The van der Waals surface area contributed by atoms with E-state index < -0.39 is 0 Å². The molecule has 0 bridgehead atoms. The van der Waals surface area contributed by atoms with Crippen LogP contribution in [0.15, 0.2) is 36.0 Å². The van der Waals surface area contributed by atoms with Crippen LogP contribution in [0.1, 0.15) is 112 Å². The molecule has 0 radical (unpaired) electrons. The Bertz CT molecular complexity index is 705. The van der Waals surface area contributed by atoms with Gasteiger partial charge in [-0.1, -0.05) is 57.6 Å². The van der Waals surface area contributed by atoms with E-state index in [0.717, 1.165) is 44.9 Å². The summed E-state index contributed by atoms with van der Waals surface area (Å²) >= 11 is 0. The number of methoxy groups -OCH3 is 1. The van der Waals surface area contributed by atoms with Crippen molar-refractivity contribution in [3.8, 4) is 0 Å². The largest absolute Gasteiger partial charge is 0.377 e. The normalized spacial score (nSPS) is 15.1. The molecule has 0 spiro atoms. The zero-order chi connectivity index (χ0) is 27.8. The molecule has 1 N–H and O–H groups in total. The summed E-state index contributed by atoms with van der Waals surface area (Å²) < 4.78 is 5.49. The van der Waals surface area contributed by atoms with Gasteiger partial charge in [0.05, 0.1) is 6.10 Å². The molecule has 36 heavy (non-hydrogen) atoms. The van der Waals surface area contributed by atoms with Crippen molar-refractivity contribution >= 4 is 23.4 Å². The van der Waals surface area contributed by atoms with Crippen molar-refractivity contribution in [3.63, 3.8) is 0 Å². The second-order valence-electron chi connectivity index (χ2n) is 8.60. The maximum atomic E-state index is 12.2. The third-order valence-corrected chi connectivity index (χ3v) is 5.54. The van der Waals surface area contributed by atoms with Gasteiger partial charge in [-0.2, -0.15) is 0 Å². The average Bonchev–Trinajstić information content (AvgIpc) is 2.85. The maximum absolute atomic E-state index is 12.2. The van der Waals surface area contributed by atoms with Gasteiger partial charge in [-0.15, -0.1) is 0 Å². The lowest BCUT2D eigenvalue weighted by molar-refractivity contribution is -0.135. The summed E-state index contributed by atoms with van der Waals surface area (Å²) in [6.45, 7) is 11.6. The fraction of sp³-hybridized carbons (Fsp3) is 0.667. The predicted octanol–water partition coefficient (Wildman–Crippen LogP) is 6.83. The molecule has 0 aromatic carbocycles. The number of hydrogen-bond donors (Lipinski definition) is 1. The number of unbranched alkanes of at least 4 members (excludes halogenated alkanes) is 1. The van der Waals surface area contributed by atoms with Gasteiger partial charge in [0.25, 0.3) is 0 Å². The van der Waals surface area contributed by atoms with Gasteiger partial charge in [0.15, 0.2) is 5.78 Å². The first kappa shape index (κ1) is 35.8. The standard InChI is InChI=1S/C26H39NO5.2C2H6/c1-20(10-8-15-24(32-3)14-7-5-4-6-11-21(2)28)16-17-23(29)13-9-12-22-18-25(30)27-26(31)19-22;2*1-2/h6-7,10-11,14,22,24H,4-5,8-9,12-13,15-19H2,1-3H3,(H,27,30,31);2*1-2H3/b11-6+,14-7+,20-10-;;. The van der Waals surface area contributed by atoms with Crippen molar-refractivity contribution in [2.75, 3.05) is 7.11 Å². The summed E-state index contributed by atoms with van der Waals surface area (Å²) in [5.74, 6) is -0.0238. The molecule has 6 nitrogen and oxygen atoms in total. The highest BCUT2D eigenvalue weighted by Crippen LogP contribution is 2.21. The molecular formula is C30H51NO5. The molecule has 1 fully saturated rings. The number of piperidine rings is 1. The van der Waals surface area contributed by atoms with Gasteiger partial charge < -0.3 is 4.74 Å². The Labute approximate surface area is 220 Å². The van der Waals surface area contributed by atoms with Gasteiger partial charge >= 0.3 is 0 Å². The van der Waals surface area contributed by atoms with Gasteiger partial charge in [-0.3, -0.25) is 24.5 Å². The van der Waals surface area contributed by atoms with Crippen molar-refractivity contribution in [2.24, 2.45) is 5.92 Å². The van der Waals surface area contributed by atoms with Crippen molar-refractivity contribution in [1.29, 1.82) is 0 Å². The van der Waals surface area contributed by atoms with Crippen molar-refractivity contribution in [1.82, 2.24) is 5.32 Å². The molecule has 2 amide bonds. The Morgan fingerprint density at radius 1 is 0.944 bits per heavy atom. The number of carbonyl (C=O) groups is 4. The van der Waals surface area contributed by atoms with Crippen LogP contribution < -0.4 is 5.32 Å². The first-order chi connectivity index (χ1) is 17.3. The molecule has 0 saturated carbocycles. The number of ether oxygens (including phenoxy) is 1. The summed E-state index contributed by atoms with van der Waals surface area (Å²) in [6.07, 6.45) is 17.4. The fourth-order valence-electron chi connectivity index (χ4n) is 3.69. The van der Waals surface area contributed by atoms with Gasteiger partial charge in [0.2, 0.25) is 11.8 Å². The van der Waals surface area contributed by atoms with Crippen LogP contribution >= 0.6 is 0 Å². The van der Waals surface area contributed by atoms with E-state index in [4.69, 9.17) is 4.74 Å². The number of rotatable bonds is 16. The number of Topliss-reactive ketones (excluding diaryl/α,β-unsaturated/α-hetero) is 1. The van der Waals surface area contributed by atoms with Crippen LogP contribution in [-0.4, -0.2) is 36.6 Å². The SMILES string of the molecule is CC.CC.COC(/C=C/CC/C=C/C(C)=O)CC/C=C(/C)CCC(=O)CCCC1CC(=O)NC(=O)C1. The van der Waals surface area contributed by atoms with Crippen LogP contribution in [0, 0.1) is 5.92 Å². The van der Waals surface area contributed by atoms with Crippen molar-refractivity contribution in [2.45, 2.75) is 118 Å². The first-order valence-corrected chi connectivity index (χ1v) is 13.7. The highest BCUT2D eigenvalue weighted by molar-refractivity contribution is 5.97. The van der Waals surface area contributed by atoms with Gasteiger partial charge in [-0.05, 0) is 70.8 Å². The zero-order valence-corrected chi connectivity index (χ0v) is 23.9. The van der Waals surface area contributed by atoms with Gasteiger partial charge in [0, 0.05) is 32.8 Å². The highest BCUT2D eigenvalue weighted by Gasteiger charge is 2.24. The van der Waals surface area contributed by atoms with E-state index in [1.165, 1.54) is 5.57 Å². The summed E-state index contributed by atoms with van der Waals surface area (Å²) in [4.78, 5) is 45.8. The zero-order valence-electron chi connectivity index (χ0n) is 23.9. The Balaban J connectivity index is 0. The first-order valence-electron chi connectivity index (χ1n) is 13.7. The lowest BCUT2D eigenvalue weighted by Crippen LogP contribution is -2.38. The third kappa shape index (κ3) is 21.0. The number of imide groups is 1. The fourth-order valence-corrected chi connectivity index (χ4v) is 3.69. The molecule has 0 aromatic rings. The van der Waals surface area contributed by atoms with Crippen LogP contribution in [-0.2, 0) is 23.9 Å². The van der Waals surface area contributed by atoms with Crippen LogP contribution in [0.3, 0.4) is 0 Å². The van der Waals surface area contributed by atoms with E-state index in [9.17, 15) is 19.2 Å². The number of hydrogen-bond acceptors (Lipinski definition) is 5. The van der Waals surface area contributed by atoms with Crippen molar-refractivity contribution in [3.05, 3.63) is 36.0 Å². The summed E-state index contributed by atoms with van der Waals surface area (Å²) in [5, 5.41) is 2.31. The van der Waals surface area contributed by atoms with Gasteiger partial charge in [0.1, 0.15) is 5.78 Å². The molecule has 1 aliphatic heterocycles. The van der Waals surface area contributed by atoms with E-state index >= 15 is 0 Å². The number of amides is 2. The van der Waals surface area contributed by atoms with E-state index in [1.54, 1.807) is 20.1 Å². The number of carbonyl (C=O) groups excluding carboxylic acids is 4. The second-order valence-corrected chi connectivity index (χ2v) is 8.60. The lowest BCUT2D eigenvalue weighted by Gasteiger charge is -2.20. The minimum absolute atomic E-state index is 0.0613. The van der Waals surface area contributed by atoms with E-state index in [0.29, 0.717) is 25.7 Å².